The molecule has 0 radical (unpaired) electrons. The van der Waals surface area contributed by atoms with E-state index >= 15 is 0 Å². The number of fused-ring (bicyclic) bond motifs is 1. The summed E-state index contributed by atoms with van der Waals surface area (Å²) in [5.41, 5.74) is 2.70. The van der Waals surface area contributed by atoms with E-state index in [0.29, 0.717) is 5.91 Å². The van der Waals surface area contributed by atoms with Crippen molar-refractivity contribution in [1.82, 2.24) is 14.7 Å². The van der Waals surface area contributed by atoms with Gasteiger partial charge < -0.3 is 9.64 Å². The van der Waals surface area contributed by atoms with Gasteiger partial charge in [0.2, 0.25) is 5.91 Å². The Morgan fingerprint density at radius 3 is 2.81 bits per heavy atom. The molecule has 0 bridgehead atoms. The summed E-state index contributed by atoms with van der Waals surface area (Å²) in [6.45, 7) is 9.81. The lowest BCUT2D eigenvalue weighted by molar-refractivity contribution is -0.140. The van der Waals surface area contributed by atoms with E-state index < -0.39 is 0 Å². The normalized spacial score (nSPS) is 23.9. The number of rotatable bonds is 5. The molecule has 0 aromatic heterocycles. The molecule has 1 atom stereocenters. The lowest BCUT2D eigenvalue weighted by Gasteiger charge is -2.40. The van der Waals surface area contributed by atoms with Crippen molar-refractivity contribution >= 4 is 5.91 Å². The number of ether oxygens (including phenoxy) is 1. The van der Waals surface area contributed by atoms with Gasteiger partial charge in [0.25, 0.3) is 0 Å². The first-order chi connectivity index (χ1) is 13.2. The third-order valence-electron chi connectivity index (χ3n) is 6.25. The standard InChI is InChI=1S/C22H33N3O2/c1-2-9-24-10-4-3-5-20(24)22(26)25-13-11-23(12-14-25)17-18-6-7-21-19(16-18)8-15-27-21/h6-7,16,20H,2-5,8-15,17H2,1H3. The molecule has 3 heterocycles. The number of nitrogens with zero attached hydrogens (tertiary/aromatic N) is 3. The fraction of sp³-hybridized carbons (Fsp3) is 0.682. The van der Waals surface area contributed by atoms with Gasteiger partial charge in [-0.25, -0.2) is 0 Å². The van der Waals surface area contributed by atoms with Gasteiger partial charge in [-0.2, -0.15) is 0 Å². The SMILES string of the molecule is CCCN1CCCCC1C(=O)N1CCN(Cc2ccc3c(c2)CCO3)CC1. The maximum Gasteiger partial charge on any atom is 0.240 e. The van der Waals surface area contributed by atoms with Gasteiger partial charge in [0, 0.05) is 39.1 Å². The molecule has 3 aliphatic rings. The fourth-order valence-electron chi connectivity index (χ4n) is 4.76. The van der Waals surface area contributed by atoms with E-state index in [9.17, 15) is 4.79 Å². The van der Waals surface area contributed by atoms with E-state index in [1.807, 2.05) is 0 Å². The highest BCUT2D eigenvalue weighted by Crippen LogP contribution is 2.26. The highest BCUT2D eigenvalue weighted by molar-refractivity contribution is 5.82. The number of piperazine rings is 1. The van der Waals surface area contributed by atoms with Gasteiger partial charge in [-0.15, -0.1) is 0 Å². The molecular weight excluding hydrogens is 338 g/mol. The van der Waals surface area contributed by atoms with Crippen LogP contribution in [0, 0.1) is 0 Å². The Morgan fingerprint density at radius 2 is 2.00 bits per heavy atom. The molecule has 0 spiro atoms. The first-order valence-electron chi connectivity index (χ1n) is 10.7. The molecule has 1 unspecified atom stereocenters. The molecule has 1 aromatic carbocycles. The van der Waals surface area contributed by atoms with Crippen LogP contribution in [0.5, 0.6) is 5.75 Å². The minimum atomic E-state index is 0.127. The predicted octanol–water partition coefficient (Wildman–Crippen LogP) is 2.53. The van der Waals surface area contributed by atoms with Crippen molar-refractivity contribution in [3.05, 3.63) is 29.3 Å². The van der Waals surface area contributed by atoms with Crippen molar-refractivity contribution in [3.63, 3.8) is 0 Å². The van der Waals surface area contributed by atoms with Crippen molar-refractivity contribution in [2.24, 2.45) is 0 Å². The minimum absolute atomic E-state index is 0.127. The van der Waals surface area contributed by atoms with Crippen molar-refractivity contribution in [1.29, 1.82) is 0 Å². The van der Waals surface area contributed by atoms with Crippen molar-refractivity contribution < 1.29 is 9.53 Å². The van der Waals surface area contributed by atoms with Crippen LogP contribution in [-0.2, 0) is 17.8 Å². The van der Waals surface area contributed by atoms with Crippen LogP contribution in [0.3, 0.4) is 0 Å². The van der Waals surface area contributed by atoms with Crippen molar-refractivity contribution in [2.45, 2.75) is 51.6 Å². The molecule has 0 N–H and O–H groups in total. The zero-order chi connectivity index (χ0) is 18.6. The van der Waals surface area contributed by atoms with Crippen LogP contribution in [0.4, 0.5) is 0 Å². The summed E-state index contributed by atoms with van der Waals surface area (Å²) in [6.07, 6.45) is 5.63. The van der Waals surface area contributed by atoms with E-state index in [4.69, 9.17) is 4.74 Å². The lowest BCUT2D eigenvalue weighted by atomic mass is 10.00. The zero-order valence-electron chi connectivity index (χ0n) is 16.7. The number of benzene rings is 1. The summed E-state index contributed by atoms with van der Waals surface area (Å²) in [6, 6.07) is 6.72. The molecule has 0 aliphatic carbocycles. The van der Waals surface area contributed by atoms with Gasteiger partial charge in [0.05, 0.1) is 12.6 Å². The van der Waals surface area contributed by atoms with Gasteiger partial charge in [0.1, 0.15) is 5.75 Å². The average Bonchev–Trinajstić information content (AvgIpc) is 3.17. The fourth-order valence-corrected chi connectivity index (χ4v) is 4.76. The van der Waals surface area contributed by atoms with Crippen LogP contribution in [0.25, 0.3) is 0 Å². The summed E-state index contributed by atoms with van der Waals surface area (Å²) >= 11 is 0. The molecule has 0 saturated carbocycles. The first kappa shape index (κ1) is 18.8. The second kappa shape index (κ2) is 8.61. The molecule has 1 amide bonds. The van der Waals surface area contributed by atoms with Gasteiger partial charge in [-0.05, 0) is 49.5 Å². The molecule has 148 valence electrons. The number of carbonyl (C=O) groups excluding carboxylic acids is 1. The Hall–Kier alpha value is -1.59. The molecular formula is C22H33N3O2. The molecule has 5 nitrogen and oxygen atoms in total. The van der Waals surface area contributed by atoms with E-state index in [-0.39, 0.29) is 6.04 Å². The number of carbonyl (C=O) groups is 1. The topological polar surface area (TPSA) is 36.0 Å². The summed E-state index contributed by atoms with van der Waals surface area (Å²) in [5.74, 6) is 1.43. The monoisotopic (exact) mass is 371 g/mol. The van der Waals surface area contributed by atoms with Crippen molar-refractivity contribution in [2.75, 3.05) is 45.9 Å². The lowest BCUT2D eigenvalue weighted by Crippen LogP contribution is -2.56. The van der Waals surface area contributed by atoms with Crippen molar-refractivity contribution in [3.8, 4) is 5.75 Å². The predicted molar refractivity (Wildman–Crippen MR) is 107 cm³/mol. The number of amides is 1. The molecule has 3 aliphatic heterocycles. The van der Waals surface area contributed by atoms with E-state index in [1.54, 1.807) is 0 Å². The second-order valence-electron chi connectivity index (χ2n) is 8.19. The van der Waals surface area contributed by atoms with Gasteiger partial charge in [-0.1, -0.05) is 25.5 Å². The molecule has 4 rings (SSSR count). The maximum absolute atomic E-state index is 13.1. The molecule has 2 fully saturated rings. The maximum atomic E-state index is 13.1. The summed E-state index contributed by atoms with van der Waals surface area (Å²) < 4.78 is 5.61. The van der Waals surface area contributed by atoms with E-state index in [2.05, 4.69) is 39.8 Å². The van der Waals surface area contributed by atoms with Crippen LogP contribution >= 0.6 is 0 Å². The molecule has 27 heavy (non-hydrogen) atoms. The Morgan fingerprint density at radius 1 is 1.15 bits per heavy atom. The van der Waals surface area contributed by atoms with E-state index in [0.717, 1.165) is 77.4 Å². The third kappa shape index (κ3) is 4.30. The molecule has 2 saturated heterocycles. The average molecular weight is 372 g/mol. The number of hydrogen-bond donors (Lipinski definition) is 0. The smallest absolute Gasteiger partial charge is 0.240 e. The first-order valence-corrected chi connectivity index (χ1v) is 10.7. The highest BCUT2D eigenvalue weighted by Gasteiger charge is 2.32. The Kier molecular flexibility index (Phi) is 5.98. The second-order valence-corrected chi connectivity index (χ2v) is 8.19. The minimum Gasteiger partial charge on any atom is -0.493 e. The Labute approximate surface area is 163 Å². The Bertz CT molecular complexity index is 653. The third-order valence-corrected chi connectivity index (χ3v) is 6.25. The van der Waals surface area contributed by atoms with Crippen LogP contribution < -0.4 is 4.74 Å². The number of likely N-dealkylation sites (tertiary alicyclic amines) is 1. The quantitative estimate of drug-likeness (QED) is 0.797. The van der Waals surface area contributed by atoms with Crippen LogP contribution in [0.1, 0.15) is 43.7 Å². The molecule has 5 heteroatoms. The van der Waals surface area contributed by atoms with E-state index in [1.165, 1.54) is 24.0 Å². The highest BCUT2D eigenvalue weighted by atomic mass is 16.5. The van der Waals surface area contributed by atoms with Gasteiger partial charge in [-0.3, -0.25) is 14.6 Å². The molecule has 1 aromatic rings. The largest absolute Gasteiger partial charge is 0.493 e. The summed E-state index contributed by atoms with van der Waals surface area (Å²) in [7, 11) is 0. The van der Waals surface area contributed by atoms with Crippen LogP contribution in [0.15, 0.2) is 18.2 Å². The summed E-state index contributed by atoms with van der Waals surface area (Å²) in [4.78, 5) is 20.1. The Balaban J connectivity index is 1.30. The zero-order valence-corrected chi connectivity index (χ0v) is 16.7. The summed E-state index contributed by atoms with van der Waals surface area (Å²) in [5, 5.41) is 0. The number of piperidine rings is 1. The van der Waals surface area contributed by atoms with Gasteiger partial charge in [0.15, 0.2) is 0 Å². The van der Waals surface area contributed by atoms with Crippen LogP contribution in [-0.4, -0.2) is 72.5 Å². The van der Waals surface area contributed by atoms with Gasteiger partial charge >= 0.3 is 0 Å². The number of hydrogen-bond acceptors (Lipinski definition) is 4. The van der Waals surface area contributed by atoms with Crippen LogP contribution in [0.2, 0.25) is 0 Å².